The standard InChI is InChI=1S/C41H67N3O7/c1-7-42-38(49)17-10-26(2)32-14-15-33-39-34(19-21-41(32,33)6)40(5)20-18-31(51-44-22-8-9-35(44)36(48)16-12-28(4)46)23-29(40)24-37(39)50-43-25-30(47)13-11-27(3)45/h26,29,31-35,37,39,43H,7-25H2,1-6H3,(H,42,49)/t26?,29-,31+,32?,33?,34?,35-,37+,39?,40-,41+/m0/s1. The first kappa shape index (κ1) is 40.2. The highest BCUT2D eigenvalue weighted by Gasteiger charge is 2.63. The first-order valence-electron chi connectivity index (χ1n) is 20.4. The van der Waals surface area contributed by atoms with E-state index in [0.29, 0.717) is 54.9 Å². The first-order valence-corrected chi connectivity index (χ1v) is 20.4. The molecule has 5 fully saturated rings. The topological polar surface area (TPSA) is 131 Å². The van der Waals surface area contributed by atoms with E-state index in [1.54, 1.807) is 0 Å². The van der Waals surface area contributed by atoms with Crippen LogP contribution in [0.4, 0.5) is 0 Å². The van der Waals surface area contributed by atoms with Crippen molar-refractivity contribution in [1.29, 1.82) is 0 Å². The molecule has 4 aliphatic carbocycles. The van der Waals surface area contributed by atoms with Gasteiger partial charge in [0.05, 0.1) is 24.8 Å². The summed E-state index contributed by atoms with van der Waals surface area (Å²) in [4.78, 5) is 74.3. The molecule has 5 aliphatic rings. The Kier molecular flexibility index (Phi) is 13.7. The smallest absolute Gasteiger partial charge is 0.219 e. The maximum Gasteiger partial charge on any atom is 0.219 e. The fourth-order valence-electron chi connectivity index (χ4n) is 11.7. The third-order valence-corrected chi connectivity index (χ3v) is 14.4. The SMILES string of the molecule is CCNC(=O)CCC(C)C1CCC2C3C(CC[C@]12C)[C@@]1(C)CC[C@@H](ON2CCC[C@H]2C(=O)CCC(C)=O)C[C@H]1C[C@H]3ONCC(=O)CCC(C)=O. The van der Waals surface area contributed by atoms with E-state index in [1.165, 1.54) is 33.1 Å². The van der Waals surface area contributed by atoms with Crippen molar-refractivity contribution in [2.45, 2.75) is 163 Å². The number of hydrogen-bond acceptors (Lipinski definition) is 9. The molecule has 0 aromatic carbocycles. The number of nitrogens with one attached hydrogen (secondary N) is 2. The molecule has 0 aromatic heterocycles. The van der Waals surface area contributed by atoms with Crippen LogP contribution < -0.4 is 10.8 Å². The van der Waals surface area contributed by atoms with E-state index in [2.05, 4.69) is 31.6 Å². The summed E-state index contributed by atoms with van der Waals surface area (Å²) < 4.78 is 0. The molecule has 1 saturated heterocycles. The Bertz CT molecular complexity index is 1270. The molecule has 1 amide bonds. The number of hydrogen-bond donors (Lipinski definition) is 2. The van der Waals surface area contributed by atoms with E-state index in [-0.39, 0.29) is 83.9 Å². The maximum atomic E-state index is 13.0. The quantitative estimate of drug-likeness (QED) is 0.156. The molecule has 10 nitrogen and oxygen atoms in total. The average molecular weight is 714 g/mol. The molecule has 0 spiro atoms. The number of hydroxylamine groups is 3. The van der Waals surface area contributed by atoms with Crippen LogP contribution >= 0.6 is 0 Å². The molecule has 5 unspecified atom stereocenters. The normalized spacial score (nSPS) is 36.8. The molecule has 1 aliphatic heterocycles. The van der Waals surface area contributed by atoms with Gasteiger partial charge in [0.15, 0.2) is 5.78 Å². The van der Waals surface area contributed by atoms with Gasteiger partial charge >= 0.3 is 0 Å². The summed E-state index contributed by atoms with van der Waals surface area (Å²) >= 11 is 0. The van der Waals surface area contributed by atoms with Gasteiger partial charge in [0.1, 0.15) is 17.3 Å². The fourth-order valence-corrected chi connectivity index (χ4v) is 11.7. The van der Waals surface area contributed by atoms with Gasteiger partial charge in [0.2, 0.25) is 5.91 Å². The van der Waals surface area contributed by atoms with Gasteiger partial charge in [0.25, 0.3) is 0 Å². The van der Waals surface area contributed by atoms with E-state index in [0.717, 1.165) is 57.9 Å². The van der Waals surface area contributed by atoms with Crippen molar-refractivity contribution in [3.8, 4) is 0 Å². The lowest BCUT2D eigenvalue weighted by Crippen LogP contribution is -2.60. The van der Waals surface area contributed by atoms with Crippen molar-refractivity contribution in [2.24, 2.45) is 46.3 Å². The number of fused-ring (bicyclic) bond motifs is 5. The maximum absolute atomic E-state index is 13.0. The van der Waals surface area contributed by atoms with Crippen LogP contribution in [-0.2, 0) is 33.6 Å². The Morgan fingerprint density at radius 1 is 0.843 bits per heavy atom. The third kappa shape index (κ3) is 9.21. The molecule has 11 atom stereocenters. The molecule has 0 radical (unpaired) electrons. The molecule has 10 heteroatoms. The summed E-state index contributed by atoms with van der Waals surface area (Å²) in [5.41, 5.74) is 3.44. The van der Waals surface area contributed by atoms with Crippen molar-refractivity contribution in [3.63, 3.8) is 0 Å². The summed E-state index contributed by atoms with van der Waals surface area (Å²) in [6.45, 7) is 13.9. The summed E-state index contributed by atoms with van der Waals surface area (Å²) in [5, 5.41) is 4.90. The highest BCUT2D eigenvalue weighted by atomic mass is 16.7. The number of carbonyl (C=O) groups excluding carboxylic acids is 5. The first-order chi connectivity index (χ1) is 24.3. The van der Waals surface area contributed by atoms with Gasteiger partial charge in [-0.2, -0.15) is 10.5 Å². The van der Waals surface area contributed by atoms with Crippen LogP contribution in [0, 0.1) is 46.3 Å². The summed E-state index contributed by atoms with van der Waals surface area (Å²) in [7, 11) is 0. The van der Waals surface area contributed by atoms with Gasteiger partial charge in [-0.1, -0.05) is 20.8 Å². The minimum atomic E-state index is -0.260. The summed E-state index contributed by atoms with van der Waals surface area (Å²) in [6.07, 6.45) is 12.9. The van der Waals surface area contributed by atoms with Gasteiger partial charge in [-0.05, 0) is 138 Å². The van der Waals surface area contributed by atoms with E-state index in [4.69, 9.17) is 9.68 Å². The lowest BCUT2D eigenvalue weighted by molar-refractivity contribution is -0.245. The lowest BCUT2D eigenvalue weighted by atomic mass is 9.43. The molecule has 5 rings (SSSR count). The molecular weight excluding hydrogens is 646 g/mol. The number of nitrogens with zero attached hydrogens (tertiary/aromatic N) is 1. The van der Waals surface area contributed by atoms with Crippen molar-refractivity contribution in [3.05, 3.63) is 0 Å². The number of carbonyl (C=O) groups is 5. The zero-order valence-corrected chi connectivity index (χ0v) is 32.4. The second kappa shape index (κ2) is 17.4. The number of amides is 1. The highest BCUT2D eigenvalue weighted by molar-refractivity contribution is 5.88. The number of ketones is 4. The molecule has 51 heavy (non-hydrogen) atoms. The second-order valence-electron chi connectivity index (χ2n) is 17.6. The Morgan fingerprint density at radius 3 is 2.27 bits per heavy atom. The van der Waals surface area contributed by atoms with E-state index >= 15 is 0 Å². The average Bonchev–Trinajstić information content (AvgIpc) is 3.69. The van der Waals surface area contributed by atoms with Crippen LogP contribution in [0.2, 0.25) is 0 Å². The van der Waals surface area contributed by atoms with E-state index < -0.39 is 0 Å². The largest absolute Gasteiger partial charge is 0.356 e. The molecule has 4 saturated carbocycles. The van der Waals surface area contributed by atoms with Crippen LogP contribution in [-0.4, -0.2) is 72.0 Å². The Labute approximate surface area is 306 Å². The van der Waals surface area contributed by atoms with Gasteiger partial charge in [-0.3, -0.25) is 24.1 Å². The fraction of sp³-hybridized carbons (Fsp3) is 0.878. The molecule has 288 valence electrons. The van der Waals surface area contributed by atoms with Crippen molar-refractivity contribution in [2.75, 3.05) is 19.6 Å². The van der Waals surface area contributed by atoms with E-state index in [1.807, 2.05) is 12.0 Å². The molecule has 0 aromatic rings. The Morgan fingerprint density at radius 2 is 1.55 bits per heavy atom. The van der Waals surface area contributed by atoms with Crippen LogP contribution in [0.15, 0.2) is 0 Å². The van der Waals surface area contributed by atoms with Gasteiger partial charge in [-0.25, -0.2) is 0 Å². The minimum absolute atomic E-state index is 0.0121. The van der Waals surface area contributed by atoms with Crippen LogP contribution in [0.25, 0.3) is 0 Å². The summed E-state index contributed by atoms with van der Waals surface area (Å²) in [6, 6.07) is -0.260. The molecule has 0 bridgehead atoms. The lowest BCUT2D eigenvalue weighted by Gasteiger charge is -2.63. The van der Waals surface area contributed by atoms with Crippen molar-refractivity contribution in [1.82, 2.24) is 15.9 Å². The Hall–Kier alpha value is -2.01. The number of rotatable bonds is 18. The minimum Gasteiger partial charge on any atom is -0.356 e. The molecule has 2 N–H and O–H groups in total. The van der Waals surface area contributed by atoms with Crippen LogP contribution in [0.1, 0.15) is 144 Å². The van der Waals surface area contributed by atoms with Gasteiger partial charge in [-0.15, -0.1) is 0 Å². The van der Waals surface area contributed by atoms with Crippen molar-refractivity contribution >= 4 is 29.0 Å². The van der Waals surface area contributed by atoms with Gasteiger partial charge < -0.3 is 14.9 Å². The van der Waals surface area contributed by atoms with Crippen molar-refractivity contribution < 1.29 is 33.6 Å². The predicted molar refractivity (Wildman–Crippen MR) is 195 cm³/mol. The zero-order valence-electron chi connectivity index (χ0n) is 32.4. The van der Waals surface area contributed by atoms with Crippen LogP contribution in [0.3, 0.4) is 0 Å². The van der Waals surface area contributed by atoms with Crippen LogP contribution in [0.5, 0.6) is 0 Å². The zero-order chi connectivity index (χ0) is 36.9. The highest BCUT2D eigenvalue weighted by Crippen LogP contribution is 2.68. The monoisotopic (exact) mass is 713 g/mol. The molecular formula is C41H67N3O7. The molecule has 1 heterocycles. The second-order valence-corrected chi connectivity index (χ2v) is 17.6. The predicted octanol–water partition coefficient (Wildman–Crippen LogP) is 6.34. The third-order valence-electron chi connectivity index (χ3n) is 14.4. The Balaban J connectivity index is 1.30. The van der Waals surface area contributed by atoms with E-state index in [9.17, 15) is 24.0 Å². The van der Waals surface area contributed by atoms with Gasteiger partial charge in [0, 0.05) is 45.2 Å². The summed E-state index contributed by atoms with van der Waals surface area (Å²) in [5.74, 6) is 3.15. The number of Topliss-reactive ketones (excluding diaryl/α,β-unsaturated/α-hetero) is 4.